The van der Waals surface area contributed by atoms with Crippen LogP contribution in [0.1, 0.15) is 46.5 Å². The van der Waals surface area contributed by atoms with Gasteiger partial charge in [-0.25, -0.2) is 25.9 Å². The lowest BCUT2D eigenvalue weighted by molar-refractivity contribution is -0.116. The molecule has 2 heterocycles. The Kier molecular flexibility index (Phi) is 6.99. The van der Waals surface area contributed by atoms with Crippen LogP contribution in [0.4, 0.5) is 5.69 Å². The molecule has 1 amide bonds. The van der Waals surface area contributed by atoms with Gasteiger partial charge in [0.15, 0.2) is 0 Å². The van der Waals surface area contributed by atoms with Gasteiger partial charge in [0.25, 0.3) is 0 Å². The molecule has 2 aliphatic rings. The van der Waals surface area contributed by atoms with Gasteiger partial charge in [0.2, 0.25) is 26.0 Å². The molecule has 1 N–H and O–H groups in total. The second-order valence-electron chi connectivity index (χ2n) is 8.47. The second kappa shape index (κ2) is 9.05. The Hall–Kier alpha value is -1.69. The average Bonchev–Trinajstić information content (AvgIpc) is 3.00. The summed E-state index contributed by atoms with van der Waals surface area (Å²) in [7, 11) is -7.83. The summed E-state index contributed by atoms with van der Waals surface area (Å²) in [6.07, 6.45) is 3.23. The molecule has 0 atom stereocenters. The van der Waals surface area contributed by atoms with Crippen molar-refractivity contribution in [3.63, 3.8) is 0 Å². The number of nitrogens with one attached hydrogen (secondary N) is 1. The third-order valence-electron chi connectivity index (χ3n) is 5.74. The van der Waals surface area contributed by atoms with Gasteiger partial charge in [-0.1, -0.05) is 6.42 Å². The van der Waals surface area contributed by atoms with Gasteiger partial charge in [-0.3, -0.25) is 9.69 Å². The third-order valence-corrected chi connectivity index (χ3v) is 8.85. The quantitative estimate of drug-likeness (QED) is 0.611. The first kappa shape index (κ1) is 24.0. The van der Waals surface area contributed by atoms with E-state index in [2.05, 4.69) is 9.62 Å². The predicted molar refractivity (Wildman–Crippen MR) is 118 cm³/mol. The summed E-state index contributed by atoms with van der Waals surface area (Å²) in [6.45, 7) is 7.98. The largest absolute Gasteiger partial charge is 0.492 e. The fourth-order valence-corrected chi connectivity index (χ4v) is 6.76. The standard InChI is InChI=1S/C20H31N3O6S2/c1-4-29-17-9-8-16(23-19(24)10-13-30(23,25)26)14-18(17)31(27,28)21-15-20(2,3)22-11-6-5-7-12-22/h8-9,14,21H,4-7,10-13,15H2,1-3H3. The van der Waals surface area contributed by atoms with E-state index in [0.29, 0.717) is 4.31 Å². The van der Waals surface area contributed by atoms with Crippen LogP contribution in [0.2, 0.25) is 0 Å². The Morgan fingerprint density at radius 2 is 1.84 bits per heavy atom. The summed E-state index contributed by atoms with van der Waals surface area (Å²) in [5, 5.41) is 0. The van der Waals surface area contributed by atoms with Gasteiger partial charge >= 0.3 is 0 Å². The van der Waals surface area contributed by atoms with Crippen molar-refractivity contribution < 1.29 is 26.4 Å². The van der Waals surface area contributed by atoms with Crippen LogP contribution in [0.15, 0.2) is 23.1 Å². The molecule has 9 nitrogen and oxygen atoms in total. The number of carbonyl (C=O) groups excluding carboxylic acids is 1. The van der Waals surface area contributed by atoms with E-state index in [9.17, 15) is 21.6 Å². The van der Waals surface area contributed by atoms with Crippen LogP contribution in [-0.4, -0.2) is 65.2 Å². The first-order valence-electron chi connectivity index (χ1n) is 10.6. The average molecular weight is 474 g/mol. The number of amides is 1. The molecule has 11 heteroatoms. The Labute approximate surface area is 184 Å². The molecule has 0 radical (unpaired) electrons. The van der Waals surface area contributed by atoms with Crippen molar-refractivity contribution in [2.45, 2.75) is 56.9 Å². The molecule has 0 unspecified atom stereocenters. The minimum absolute atomic E-state index is 0.00150. The zero-order valence-electron chi connectivity index (χ0n) is 18.3. The van der Waals surface area contributed by atoms with E-state index in [0.717, 1.165) is 25.9 Å². The minimum atomic E-state index is -4.03. The molecule has 0 aliphatic carbocycles. The molecule has 174 valence electrons. The number of nitrogens with zero attached hydrogens (tertiary/aromatic N) is 2. The van der Waals surface area contributed by atoms with Crippen molar-refractivity contribution in [1.29, 1.82) is 0 Å². The monoisotopic (exact) mass is 473 g/mol. The van der Waals surface area contributed by atoms with E-state index >= 15 is 0 Å². The molecule has 2 saturated heterocycles. The number of rotatable bonds is 8. The highest BCUT2D eigenvalue weighted by molar-refractivity contribution is 7.94. The number of carbonyl (C=O) groups is 1. The number of piperidine rings is 1. The number of likely N-dealkylation sites (tertiary alicyclic amines) is 1. The van der Waals surface area contributed by atoms with Gasteiger partial charge in [0.1, 0.15) is 10.6 Å². The lowest BCUT2D eigenvalue weighted by Crippen LogP contribution is -2.53. The van der Waals surface area contributed by atoms with Gasteiger partial charge in [0, 0.05) is 18.5 Å². The van der Waals surface area contributed by atoms with Crippen molar-refractivity contribution in [2.24, 2.45) is 0 Å². The lowest BCUT2D eigenvalue weighted by atomic mass is 9.99. The fourth-order valence-electron chi connectivity index (χ4n) is 3.94. The number of ether oxygens (including phenoxy) is 1. The highest BCUT2D eigenvalue weighted by Gasteiger charge is 2.37. The molecule has 2 fully saturated rings. The van der Waals surface area contributed by atoms with E-state index < -0.39 is 26.0 Å². The highest BCUT2D eigenvalue weighted by atomic mass is 32.2. The van der Waals surface area contributed by atoms with E-state index in [1.165, 1.54) is 24.6 Å². The predicted octanol–water partition coefficient (Wildman–Crippen LogP) is 1.69. The van der Waals surface area contributed by atoms with Crippen molar-refractivity contribution >= 4 is 31.6 Å². The molecule has 31 heavy (non-hydrogen) atoms. The van der Waals surface area contributed by atoms with E-state index in [-0.39, 0.29) is 47.2 Å². The van der Waals surface area contributed by atoms with Crippen LogP contribution in [0.5, 0.6) is 5.75 Å². The summed E-state index contributed by atoms with van der Waals surface area (Å²) in [4.78, 5) is 14.2. The van der Waals surface area contributed by atoms with Crippen molar-refractivity contribution in [1.82, 2.24) is 9.62 Å². The SMILES string of the molecule is CCOc1ccc(N2C(=O)CCS2(=O)=O)cc1S(=O)(=O)NCC(C)(C)N1CCCCC1. The molecular formula is C20H31N3O6S2. The van der Waals surface area contributed by atoms with Crippen LogP contribution in [0.25, 0.3) is 0 Å². The minimum Gasteiger partial charge on any atom is -0.492 e. The van der Waals surface area contributed by atoms with Crippen LogP contribution in [-0.2, 0) is 24.8 Å². The Bertz CT molecular complexity index is 1030. The molecule has 3 rings (SSSR count). The Morgan fingerprint density at radius 3 is 2.42 bits per heavy atom. The lowest BCUT2D eigenvalue weighted by Gasteiger charge is -2.41. The van der Waals surface area contributed by atoms with Crippen molar-refractivity contribution in [3.05, 3.63) is 18.2 Å². The molecular weight excluding hydrogens is 442 g/mol. The van der Waals surface area contributed by atoms with Gasteiger partial charge in [-0.2, -0.15) is 0 Å². The maximum absolute atomic E-state index is 13.2. The topological polar surface area (TPSA) is 113 Å². The van der Waals surface area contributed by atoms with Crippen LogP contribution >= 0.6 is 0 Å². The first-order chi connectivity index (χ1) is 14.5. The molecule has 0 saturated carbocycles. The maximum Gasteiger partial charge on any atom is 0.244 e. The maximum atomic E-state index is 13.2. The smallest absolute Gasteiger partial charge is 0.244 e. The summed E-state index contributed by atoms with van der Waals surface area (Å²) in [5.41, 5.74) is -0.382. The second-order valence-corrected chi connectivity index (χ2v) is 12.1. The molecule has 0 aromatic heterocycles. The highest BCUT2D eigenvalue weighted by Crippen LogP contribution is 2.33. The van der Waals surface area contributed by atoms with Crippen molar-refractivity contribution in [2.75, 3.05) is 36.3 Å². The molecule has 1 aromatic rings. The van der Waals surface area contributed by atoms with Gasteiger partial charge in [-0.15, -0.1) is 0 Å². The molecule has 2 aliphatic heterocycles. The van der Waals surface area contributed by atoms with Crippen LogP contribution < -0.4 is 13.8 Å². The third kappa shape index (κ3) is 5.21. The van der Waals surface area contributed by atoms with Gasteiger partial charge in [0.05, 0.1) is 18.0 Å². The number of sulfonamides is 2. The molecule has 1 aromatic carbocycles. The number of benzene rings is 1. The Balaban J connectivity index is 1.90. The summed E-state index contributed by atoms with van der Waals surface area (Å²) in [5.74, 6) is -0.756. The van der Waals surface area contributed by atoms with E-state index in [1.807, 2.05) is 13.8 Å². The van der Waals surface area contributed by atoms with E-state index in [4.69, 9.17) is 4.74 Å². The van der Waals surface area contributed by atoms with E-state index in [1.54, 1.807) is 6.92 Å². The zero-order valence-corrected chi connectivity index (χ0v) is 19.9. The zero-order chi connectivity index (χ0) is 22.9. The van der Waals surface area contributed by atoms with Crippen molar-refractivity contribution in [3.8, 4) is 5.75 Å². The van der Waals surface area contributed by atoms with Crippen LogP contribution in [0, 0.1) is 0 Å². The summed E-state index contributed by atoms with van der Waals surface area (Å²) >= 11 is 0. The normalized spacial score (nSPS) is 20.2. The molecule has 0 bridgehead atoms. The summed E-state index contributed by atoms with van der Waals surface area (Å²) in [6, 6.07) is 3.98. The number of hydrogen-bond acceptors (Lipinski definition) is 7. The first-order valence-corrected chi connectivity index (χ1v) is 13.6. The fraction of sp³-hybridized carbons (Fsp3) is 0.650. The number of anilines is 1. The number of hydrogen-bond donors (Lipinski definition) is 1. The van der Waals surface area contributed by atoms with Crippen LogP contribution in [0.3, 0.4) is 0 Å². The summed E-state index contributed by atoms with van der Waals surface area (Å²) < 4.78 is 59.8. The van der Waals surface area contributed by atoms with Gasteiger partial charge in [-0.05, 0) is 64.9 Å². The van der Waals surface area contributed by atoms with Gasteiger partial charge < -0.3 is 4.74 Å². The Morgan fingerprint density at radius 1 is 1.16 bits per heavy atom. The molecule has 0 spiro atoms.